The number of hydrogen-bond acceptors (Lipinski definition) is 2. The molecule has 0 amide bonds. The molecule has 43 heavy (non-hydrogen) atoms. The van der Waals surface area contributed by atoms with E-state index >= 15 is 0 Å². The normalized spacial score (nSPS) is 12.0. The molecule has 0 atom stereocenters. The summed E-state index contributed by atoms with van der Waals surface area (Å²) in [5.41, 5.74) is 9.48. The average Bonchev–Trinajstić information content (AvgIpc) is 2.94. The Labute approximate surface area is 292 Å². The number of nitrogens with zero attached hydrogens (tertiary/aromatic N) is 2. The fraction of sp³-hybridized carbons (Fsp3) is 0.243. The van der Waals surface area contributed by atoms with Crippen molar-refractivity contribution in [2.45, 2.75) is 60.1 Å². The Morgan fingerprint density at radius 2 is 1.28 bits per heavy atom. The molecule has 0 fully saturated rings. The van der Waals surface area contributed by atoms with Crippen LogP contribution in [-0.2, 0) is 40.2 Å². The molecule has 0 spiro atoms. The van der Waals surface area contributed by atoms with Crippen molar-refractivity contribution in [1.29, 1.82) is 0 Å². The van der Waals surface area contributed by atoms with E-state index in [0.717, 1.165) is 22.4 Å². The van der Waals surface area contributed by atoms with Crippen molar-refractivity contribution in [2.75, 3.05) is 0 Å². The van der Waals surface area contributed by atoms with Crippen LogP contribution in [0.15, 0.2) is 91.2 Å². The van der Waals surface area contributed by atoms with E-state index in [-0.39, 0.29) is 58.3 Å². The molecule has 0 aliphatic rings. The molecule has 0 bridgehead atoms. The minimum absolute atomic E-state index is 0. The van der Waals surface area contributed by atoms with Crippen molar-refractivity contribution < 1.29 is 44.3 Å². The summed E-state index contributed by atoms with van der Waals surface area (Å²) in [6.45, 7) is 20.4. The van der Waals surface area contributed by atoms with Crippen molar-refractivity contribution in [1.82, 2.24) is 9.97 Å². The van der Waals surface area contributed by atoms with Gasteiger partial charge < -0.3 is 9.97 Å². The number of hydrogen-bond donors (Lipinski definition) is 0. The van der Waals surface area contributed by atoms with E-state index in [4.69, 9.17) is 4.11 Å². The molecule has 3 aromatic carbocycles. The topological polar surface area (TPSA) is 25.8 Å². The summed E-state index contributed by atoms with van der Waals surface area (Å²) >= 11 is 0. The Bertz CT molecular complexity index is 1760. The van der Waals surface area contributed by atoms with Crippen LogP contribution in [-0.4, -0.2) is 26.1 Å². The second kappa shape index (κ2) is 15.6. The van der Waals surface area contributed by atoms with Crippen molar-refractivity contribution in [3.63, 3.8) is 0 Å². The van der Waals surface area contributed by atoms with Gasteiger partial charge in [-0.2, -0.15) is 0 Å². The first-order valence-corrected chi connectivity index (χ1v) is 21.1. The van der Waals surface area contributed by atoms with Crippen LogP contribution in [0.4, 0.5) is 0 Å². The van der Waals surface area contributed by atoms with E-state index in [1.54, 1.807) is 6.07 Å². The number of aryl methyl sites for hydroxylation is 3. The fourth-order valence-electron chi connectivity index (χ4n) is 5.00. The first-order valence-electron chi connectivity index (χ1n) is 15.6. The fourth-order valence-corrected chi connectivity index (χ4v) is 8.18. The Kier molecular flexibility index (Phi) is 11.7. The largest absolute Gasteiger partial charge is 0.305 e. The average molecular weight is 958 g/mol. The maximum Gasteiger partial charge on any atom is 0.0803 e. The zero-order valence-electron chi connectivity index (χ0n) is 29.5. The molecular formula is C37H42Ir2N2Si2-2. The summed E-state index contributed by atoms with van der Waals surface area (Å²) in [5, 5.41) is 2.72. The number of aromatic nitrogens is 2. The van der Waals surface area contributed by atoms with E-state index in [0.29, 0.717) is 11.3 Å². The molecule has 5 aromatic rings. The molecule has 0 aliphatic carbocycles. The molecule has 5 rings (SSSR count). The summed E-state index contributed by atoms with van der Waals surface area (Å²) in [6.07, 6.45) is 4.00. The van der Waals surface area contributed by atoms with Crippen molar-refractivity contribution in [2.24, 2.45) is 0 Å². The minimum Gasteiger partial charge on any atom is -0.305 e. The van der Waals surface area contributed by atoms with Gasteiger partial charge in [0.25, 0.3) is 0 Å². The maximum atomic E-state index is 7.86. The third kappa shape index (κ3) is 9.84. The maximum absolute atomic E-state index is 7.86. The third-order valence-corrected chi connectivity index (χ3v) is 11.1. The zero-order chi connectivity index (χ0) is 32.4. The molecule has 228 valence electrons. The zero-order valence-corrected chi connectivity index (χ0v) is 33.3. The van der Waals surface area contributed by atoms with E-state index in [1.165, 1.54) is 27.1 Å². The summed E-state index contributed by atoms with van der Waals surface area (Å²) in [6, 6.07) is 26.4. The first kappa shape index (κ1) is 32.1. The van der Waals surface area contributed by atoms with Gasteiger partial charge in [-0.1, -0.05) is 101 Å². The second-order valence-corrected chi connectivity index (χ2v) is 22.8. The van der Waals surface area contributed by atoms with Gasteiger partial charge in [-0.3, -0.25) is 0 Å². The van der Waals surface area contributed by atoms with Crippen LogP contribution in [0.25, 0.3) is 33.6 Å². The molecule has 0 saturated heterocycles. The Morgan fingerprint density at radius 3 is 1.84 bits per heavy atom. The summed E-state index contributed by atoms with van der Waals surface area (Å²) in [4.78, 5) is 9.25. The molecule has 0 aliphatic heterocycles. The Morgan fingerprint density at radius 1 is 0.674 bits per heavy atom. The van der Waals surface area contributed by atoms with Gasteiger partial charge in [0.1, 0.15) is 0 Å². The van der Waals surface area contributed by atoms with Crippen LogP contribution in [0.5, 0.6) is 0 Å². The molecule has 6 heteroatoms. The third-order valence-electron chi connectivity index (χ3n) is 6.96. The van der Waals surface area contributed by atoms with Gasteiger partial charge in [0, 0.05) is 55.3 Å². The predicted molar refractivity (Wildman–Crippen MR) is 183 cm³/mol. The van der Waals surface area contributed by atoms with Crippen LogP contribution in [0.1, 0.15) is 20.8 Å². The van der Waals surface area contributed by atoms with E-state index in [1.807, 2.05) is 30.5 Å². The summed E-state index contributed by atoms with van der Waals surface area (Å²) in [7, 11) is -2.89. The Hall–Kier alpha value is -2.31. The molecule has 0 unspecified atom stereocenters. The van der Waals surface area contributed by atoms with Gasteiger partial charge in [-0.05, 0) is 41.2 Å². The SMILES string of the molecule is Cc1[c-]c(-c2cc(C)c([Si](C)(C)C)cn2)cc(C)c1.[2H]c1[c-]c(-c2cc(-c3ccccc3)c([Si](C)(C)C)cn2)cc([2H])c1[2H].[Ir].[Ir]. The van der Waals surface area contributed by atoms with Crippen molar-refractivity contribution in [3.8, 4) is 33.6 Å². The number of rotatable bonds is 5. The Balaban J connectivity index is 0.000000317. The van der Waals surface area contributed by atoms with Gasteiger partial charge in [0.05, 0.1) is 16.1 Å². The van der Waals surface area contributed by atoms with Gasteiger partial charge >= 0.3 is 0 Å². The first-order chi connectivity index (χ1) is 20.5. The van der Waals surface area contributed by atoms with Gasteiger partial charge in [-0.25, -0.2) is 0 Å². The monoisotopic (exact) mass is 959 g/mol. The van der Waals surface area contributed by atoms with Crippen molar-refractivity contribution >= 4 is 26.5 Å². The standard InChI is InChI=1S/C20H20NSi.C17H22NSi.2Ir/c1-22(2,3)20-15-21-19(17-12-8-5-9-13-17)14-18(20)16-10-6-4-7-11-16;1-12-7-13(2)9-15(8-12)16-10-14(3)17(11-18-16)19(4,5)6;;/h4-12,14-15H,1-3H3;7-8,10-11H,1-6H3;;/q2*-1;;/i5D,8D,9D;;;. The predicted octanol–water partition coefficient (Wildman–Crippen LogP) is 8.78. The quantitative estimate of drug-likeness (QED) is 0.130. The van der Waals surface area contributed by atoms with Crippen molar-refractivity contribution in [3.05, 3.63) is 120 Å². The van der Waals surface area contributed by atoms with Crippen LogP contribution in [0.2, 0.25) is 39.3 Å². The van der Waals surface area contributed by atoms with Crippen LogP contribution >= 0.6 is 0 Å². The smallest absolute Gasteiger partial charge is 0.0803 e. The minimum atomic E-state index is -1.59. The molecule has 2 aromatic heterocycles. The second-order valence-electron chi connectivity index (χ2n) is 12.7. The van der Waals surface area contributed by atoms with E-state index < -0.39 is 16.1 Å². The summed E-state index contributed by atoms with van der Waals surface area (Å²) < 4.78 is 23.4. The molecule has 0 saturated carbocycles. The van der Waals surface area contributed by atoms with Gasteiger partial charge in [0.15, 0.2) is 0 Å². The van der Waals surface area contributed by atoms with E-state index in [9.17, 15) is 0 Å². The van der Waals surface area contributed by atoms with Gasteiger partial charge in [-0.15, -0.1) is 70.7 Å². The molecule has 2 nitrogen and oxygen atoms in total. The number of pyridine rings is 2. The van der Waals surface area contributed by atoms with Crippen LogP contribution in [0.3, 0.4) is 0 Å². The molecule has 2 radical (unpaired) electrons. The van der Waals surface area contributed by atoms with Gasteiger partial charge in [0.2, 0.25) is 0 Å². The van der Waals surface area contributed by atoms with Crippen LogP contribution < -0.4 is 10.4 Å². The molecular weight excluding hydrogens is 913 g/mol. The van der Waals surface area contributed by atoms with Crippen LogP contribution in [0, 0.1) is 32.9 Å². The summed E-state index contributed by atoms with van der Waals surface area (Å²) in [5.74, 6) is 0. The molecule has 0 N–H and O–H groups in total. The molecule has 2 heterocycles. The number of benzene rings is 3. The van der Waals surface area contributed by atoms with E-state index in [2.05, 4.69) is 119 Å².